The molecule has 66 valence electrons. The third-order valence-corrected chi connectivity index (χ3v) is 2.11. The van der Waals surface area contributed by atoms with Gasteiger partial charge in [-0.05, 0) is 30.9 Å². The number of aryl methyl sites for hydroxylation is 2. The molecule has 0 amide bonds. The smallest absolute Gasteiger partial charge is 0.0438 e. The highest BCUT2D eigenvalue weighted by atomic mass is 14.7. The molecule has 1 heteroatoms. The lowest BCUT2D eigenvalue weighted by molar-refractivity contribution is 0.819. The van der Waals surface area contributed by atoms with Gasteiger partial charge in [-0.1, -0.05) is 26.8 Å². The summed E-state index contributed by atoms with van der Waals surface area (Å²) in [5.41, 5.74) is 3.77. The average molecular weight is 163 g/mol. The molecule has 0 aliphatic rings. The van der Waals surface area contributed by atoms with Gasteiger partial charge in [0.25, 0.3) is 0 Å². The van der Waals surface area contributed by atoms with Gasteiger partial charge in [0.15, 0.2) is 0 Å². The van der Waals surface area contributed by atoms with Gasteiger partial charge in [0, 0.05) is 11.4 Å². The van der Waals surface area contributed by atoms with Crippen molar-refractivity contribution < 1.29 is 0 Å². The fourth-order valence-corrected chi connectivity index (χ4v) is 1.43. The van der Waals surface area contributed by atoms with Gasteiger partial charge in [-0.2, -0.15) is 0 Å². The van der Waals surface area contributed by atoms with Crippen molar-refractivity contribution in [2.75, 3.05) is 0 Å². The van der Waals surface area contributed by atoms with E-state index in [0.717, 1.165) is 12.1 Å². The van der Waals surface area contributed by atoms with Gasteiger partial charge in [-0.3, -0.25) is 4.98 Å². The lowest BCUT2D eigenvalue weighted by Crippen LogP contribution is -1.99. The summed E-state index contributed by atoms with van der Waals surface area (Å²) >= 11 is 0. The minimum atomic E-state index is 0.591. The van der Waals surface area contributed by atoms with Crippen LogP contribution in [0.1, 0.15) is 43.6 Å². The summed E-state index contributed by atoms with van der Waals surface area (Å²) in [6, 6.07) is 4.29. The molecule has 1 heterocycles. The largest absolute Gasteiger partial charge is 0.258 e. The standard InChI is InChI=1S/C11H17N/c1-5-11-10(8(2)3)7-6-9(4)12-11/h6-8H,5H2,1-4H3. The minimum Gasteiger partial charge on any atom is -0.258 e. The first-order valence-corrected chi connectivity index (χ1v) is 4.61. The zero-order chi connectivity index (χ0) is 9.14. The van der Waals surface area contributed by atoms with Gasteiger partial charge in [-0.15, -0.1) is 0 Å². The second-order valence-corrected chi connectivity index (χ2v) is 3.50. The average Bonchev–Trinajstić information content (AvgIpc) is 2.03. The Morgan fingerprint density at radius 3 is 2.50 bits per heavy atom. The van der Waals surface area contributed by atoms with E-state index >= 15 is 0 Å². The first kappa shape index (κ1) is 9.24. The highest BCUT2D eigenvalue weighted by Gasteiger charge is 2.05. The number of pyridine rings is 1. The van der Waals surface area contributed by atoms with Crippen molar-refractivity contribution in [3.8, 4) is 0 Å². The maximum Gasteiger partial charge on any atom is 0.0438 e. The molecule has 1 nitrogen and oxygen atoms in total. The van der Waals surface area contributed by atoms with Crippen LogP contribution in [0.5, 0.6) is 0 Å². The van der Waals surface area contributed by atoms with E-state index in [4.69, 9.17) is 0 Å². The second-order valence-electron chi connectivity index (χ2n) is 3.50. The van der Waals surface area contributed by atoms with E-state index in [0.29, 0.717) is 5.92 Å². The van der Waals surface area contributed by atoms with Crippen molar-refractivity contribution in [1.29, 1.82) is 0 Å². The summed E-state index contributed by atoms with van der Waals surface area (Å²) in [5, 5.41) is 0. The Kier molecular flexibility index (Phi) is 2.85. The van der Waals surface area contributed by atoms with Crippen LogP contribution in [-0.2, 0) is 6.42 Å². The van der Waals surface area contributed by atoms with E-state index < -0.39 is 0 Å². The summed E-state index contributed by atoms with van der Waals surface area (Å²) in [5.74, 6) is 0.591. The van der Waals surface area contributed by atoms with E-state index in [1.807, 2.05) is 6.92 Å². The van der Waals surface area contributed by atoms with Crippen molar-refractivity contribution in [2.24, 2.45) is 0 Å². The van der Waals surface area contributed by atoms with Crippen molar-refractivity contribution in [3.63, 3.8) is 0 Å². The zero-order valence-electron chi connectivity index (χ0n) is 8.39. The normalized spacial score (nSPS) is 10.8. The van der Waals surface area contributed by atoms with Crippen LogP contribution in [0.4, 0.5) is 0 Å². The fourth-order valence-electron chi connectivity index (χ4n) is 1.43. The Balaban J connectivity index is 3.11. The summed E-state index contributed by atoms with van der Waals surface area (Å²) < 4.78 is 0. The predicted molar refractivity (Wildman–Crippen MR) is 52.4 cm³/mol. The maximum atomic E-state index is 4.51. The van der Waals surface area contributed by atoms with Crippen LogP contribution in [0.2, 0.25) is 0 Å². The molecule has 0 N–H and O–H groups in total. The molecule has 0 aliphatic carbocycles. The molecule has 0 aliphatic heterocycles. The molecule has 0 aromatic carbocycles. The number of hydrogen-bond acceptors (Lipinski definition) is 1. The van der Waals surface area contributed by atoms with E-state index in [1.54, 1.807) is 0 Å². The van der Waals surface area contributed by atoms with Crippen LogP contribution in [0.3, 0.4) is 0 Å². The molecule has 0 bridgehead atoms. The fraction of sp³-hybridized carbons (Fsp3) is 0.545. The highest BCUT2D eigenvalue weighted by molar-refractivity contribution is 5.25. The number of rotatable bonds is 2. The lowest BCUT2D eigenvalue weighted by atomic mass is 10.00. The Hall–Kier alpha value is -0.850. The second kappa shape index (κ2) is 3.70. The van der Waals surface area contributed by atoms with E-state index in [2.05, 4.69) is 37.9 Å². The molecule has 0 fully saturated rings. The monoisotopic (exact) mass is 163 g/mol. The minimum absolute atomic E-state index is 0.591. The van der Waals surface area contributed by atoms with Gasteiger partial charge in [-0.25, -0.2) is 0 Å². The first-order chi connectivity index (χ1) is 5.65. The topological polar surface area (TPSA) is 12.9 Å². The van der Waals surface area contributed by atoms with Crippen molar-refractivity contribution in [1.82, 2.24) is 4.98 Å². The van der Waals surface area contributed by atoms with Crippen LogP contribution in [-0.4, -0.2) is 4.98 Å². The van der Waals surface area contributed by atoms with Gasteiger partial charge < -0.3 is 0 Å². The van der Waals surface area contributed by atoms with Gasteiger partial charge in [0.1, 0.15) is 0 Å². The quantitative estimate of drug-likeness (QED) is 0.653. The lowest BCUT2D eigenvalue weighted by Gasteiger charge is -2.10. The Labute approximate surface area is 74.8 Å². The van der Waals surface area contributed by atoms with Crippen molar-refractivity contribution in [2.45, 2.75) is 40.0 Å². The molecular formula is C11H17N. The SMILES string of the molecule is CCc1nc(C)ccc1C(C)C. The van der Waals surface area contributed by atoms with Gasteiger partial charge in [0.05, 0.1) is 0 Å². The van der Waals surface area contributed by atoms with E-state index in [1.165, 1.54) is 11.3 Å². The molecule has 1 rings (SSSR count). The van der Waals surface area contributed by atoms with Crippen LogP contribution in [0.25, 0.3) is 0 Å². The third kappa shape index (κ3) is 1.84. The molecular weight excluding hydrogens is 146 g/mol. The Bertz CT molecular complexity index is 264. The maximum absolute atomic E-state index is 4.51. The van der Waals surface area contributed by atoms with Crippen LogP contribution in [0, 0.1) is 6.92 Å². The molecule has 0 unspecified atom stereocenters. The Morgan fingerprint density at radius 1 is 1.33 bits per heavy atom. The van der Waals surface area contributed by atoms with Crippen molar-refractivity contribution in [3.05, 3.63) is 29.1 Å². The molecule has 0 atom stereocenters. The highest BCUT2D eigenvalue weighted by Crippen LogP contribution is 2.18. The third-order valence-electron chi connectivity index (χ3n) is 2.11. The van der Waals surface area contributed by atoms with Gasteiger partial charge >= 0.3 is 0 Å². The van der Waals surface area contributed by atoms with Crippen molar-refractivity contribution >= 4 is 0 Å². The molecule has 1 aromatic rings. The molecule has 12 heavy (non-hydrogen) atoms. The van der Waals surface area contributed by atoms with Crippen LogP contribution in [0.15, 0.2) is 12.1 Å². The number of hydrogen-bond donors (Lipinski definition) is 0. The van der Waals surface area contributed by atoms with E-state index in [9.17, 15) is 0 Å². The molecule has 0 saturated heterocycles. The van der Waals surface area contributed by atoms with Crippen LogP contribution >= 0.6 is 0 Å². The summed E-state index contributed by atoms with van der Waals surface area (Å²) in [7, 11) is 0. The molecule has 0 radical (unpaired) electrons. The van der Waals surface area contributed by atoms with Crippen LogP contribution < -0.4 is 0 Å². The Morgan fingerprint density at radius 2 is 2.00 bits per heavy atom. The zero-order valence-corrected chi connectivity index (χ0v) is 8.39. The molecule has 1 aromatic heterocycles. The first-order valence-electron chi connectivity index (χ1n) is 4.61. The van der Waals surface area contributed by atoms with E-state index in [-0.39, 0.29) is 0 Å². The number of aromatic nitrogens is 1. The molecule has 0 spiro atoms. The summed E-state index contributed by atoms with van der Waals surface area (Å²) in [4.78, 5) is 4.51. The van der Waals surface area contributed by atoms with Gasteiger partial charge in [0.2, 0.25) is 0 Å². The molecule has 0 saturated carbocycles. The summed E-state index contributed by atoms with van der Waals surface area (Å²) in [6.45, 7) is 8.63. The summed E-state index contributed by atoms with van der Waals surface area (Å²) in [6.07, 6.45) is 1.04. The predicted octanol–water partition coefficient (Wildman–Crippen LogP) is 3.08. The number of nitrogens with zero attached hydrogens (tertiary/aromatic N) is 1.